The van der Waals surface area contributed by atoms with Gasteiger partial charge in [-0.3, -0.25) is 9.59 Å². The van der Waals surface area contributed by atoms with Gasteiger partial charge in [-0.15, -0.1) is 11.3 Å². The Bertz CT molecular complexity index is 797. The lowest BCUT2D eigenvalue weighted by atomic mass is 10.0. The number of rotatable bonds is 5. The van der Waals surface area contributed by atoms with Crippen molar-refractivity contribution in [2.45, 2.75) is 18.4 Å². The van der Waals surface area contributed by atoms with E-state index in [2.05, 4.69) is 5.32 Å². The Kier molecular flexibility index (Phi) is 4.82. The minimum Gasteiger partial charge on any atom is -0.372 e. The molecule has 0 bridgehead atoms. The first kappa shape index (κ1) is 17.5. The molecule has 2 heterocycles. The number of hydrogen-bond acceptors (Lipinski definition) is 4. The summed E-state index contributed by atoms with van der Waals surface area (Å²) in [5, 5.41) is 14.9. The number of nitrogens with one attached hydrogen (secondary N) is 1. The molecule has 1 saturated heterocycles. The normalized spacial score (nSPS) is 20.1. The monoisotopic (exact) mass is 366 g/mol. The molecular weight excluding hydrogens is 350 g/mol. The van der Waals surface area contributed by atoms with E-state index in [1.54, 1.807) is 11.3 Å². The lowest BCUT2D eigenvalue weighted by Crippen LogP contribution is -2.53. The van der Waals surface area contributed by atoms with Gasteiger partial charge in [-0.05, 0) is 30.0 Å². The van der Waals surface area contributed by atoms with Crippen molar-refractivity contribution in [1.82, 2.24) is 5.32 Å². The van der Waals surface area contributed by atoms with Gasteiger partial charge in [0.1, 0.15) is 11.6 Å². The molecule has 2 amide bonds. The van der Waals surface area contributed by atoms with Crippen molar-refractivity contribution < 1.29 is 23.5 Å². The molecule has 0 aliphatic carbocycles. The van der Waals surface area contributed by atoms with E-state index in [1.807, 2.05) is 17.5 Å². The average Bonchev–Trinajstić information content (AvgIpc) is 3.18. The summed E-state index contributed by atoms with van der Waals surface area (Å²) < 4.78 is 26.9. The fourth-order valence-electron chi connectivity index (χ4n) is 2.75. The Balaban J connectivity index is 1.67. The molecule has 132 valence electrons. The van der Waals surface area contributed by atoms with Crippen molar-refractivity contribution in [3.8, 4) is 0 Å². The maximum absolute atomic E-state index is 13.9. The highest BCUT2D eigenvalue weighted by Crippen LogP contribution is 2.30. The number of thiophene rings is 1. The van der Waals surface area contributed by atoms with E-state index in [-0.39, 0.29) is 25.2 Å². The molecule has 1 aliphatic rings. The van der Waals surface area contributed by atoms with Crippen LogP contribution >= 0.6 is 11.3 Å². The van der Waals surface area contributed by atoms with E-state index in [4.69, 9.17) is 0 Å². The van der Waals surface area contributed by atoms with E-state index in [0.29, 0.717) is 12.5 Å². The van der Waals surface area contributed by atoms with E-state index in [1.165, 1.54) is 0 Å². The van der Waals surface area contributed by atoms with Crippen LogP contribution in [0.15, 0.2) is 35.7 Å². The van der Waals surface area contributed by atoms with Crippen LogP contribution in [-0.4, -0.2) is 35.6 Å². The molecule has 25 heavy (non-hydrogen) atoms. The van der Waals surface area contributed by atoms with Crippen molar-refractivity contribution in [1.29, 1.82) is 0 Å². The summed E-state index contributed by atoms with van der Waals surface area (Å²) in [5.41, 5.74) is -2.40. The van der Waals surface area contributed by atoms with Gasteiger partial charge in [-0.1, -0.05) is 6.07 Å². The van der Waals surface area contributed by atoms with Crippen molar-refractivity contribution in [2.75, 3.05) is 18.0 Å². The van der Waals surface area contributed by atoms with Crippen molar-refractivity contribution in [2.24, 2.45) is 0 Å². The molecule has 1 unspecified atom stereocenters. The Morgan fingerprint density at radius 2 is 2.16 bits per heavy atom. The molecule has 3 rings (SSSR count). The molecule has 0 radical (unpaired) electrons. The highest BCUT2D eigenvalue weighted by molar-refractivity contribution is 7.09. The molecule has 8 heteroatoms. The van der Waals surface area contributed by atoms with Gasteiger partial charge >= 0.3 is 0 Å². The zero-order valence-corrected chi connectivity index (χ0v) is 14.0. The second-order valence-electron chi connectivity index (χ2n) is 5.75. The number of carbonyl (C=O) groups is 2. The van der Waals surface area contributed by atoms with Gasteiger partial charge in [-0.25, -0.2) is 8.78 Å². The predicted molar refractivity (Wildman–Crippen MR) is 89.3 cm³/mol. The topological polar surface area (TPSA) is 69.6 Å². The first-order valence-corrected chi connectivity index (χ1v) is 8.60. The SMILES string of the molecule is O=C(NCCc1cccs1)C1(O)CCN(c2ccc(F)cc2F)C1=O. The minimum absolute atomic E-state index is 0.0315. The molecule has 5 nitrogen and oxygen atoms in total. The maximum Gasteiger partial charge on any atom is 0.268 e. The molecule has 2 N–H and O–H groups in total. The fourth-order valence-corrected chi connectivity index (χ4v) is 3.46. The van der Waals surface area contributed by atoms with Crippen LogP contribution in [0.4, 0.5) is 14.5 Å². The average molecular weight is 366 g/mol. The van der Waals surface area contributed by atoms with Crippen LogP contribution in [0.5, 0.6) is 0 Å². The third-order valence-corrected chi connectivity index (χ3v) is 5.05. The largest absolute Gasteiger partial charge is 0.372 e. The van der Waals surface area contributed by atoms with Crippen LogP contribution in [0.2, 0.25) is 0 Å². The van der Waals surface area contributed by atoms with Gasteiger partial charge in [0, 0.05) is 30.5 Å². The molecule has 1 atom stereocenters. The van der Waals surface area contributed by atoms with Crippen molar-refractivity contribution in [3.63, 3.8) is 0 Å². The molecule has 2 aromatic rings. The number of nitrogens with zero attached hydrogens (tertiary/aromatic N) is 1. The Hall–Kier alpha value is -2.32. The van der Waals surface area contributed by atoms with Gasteiger partial charge in [-0.2, -0.15) is 0 Å². The quantitative estimate of drug-likeness (QED) is 0.794. The van der Waals surface area contributed by atoms with Crippen molar-refractivity contribution >= 4 is 28.8 Å². The predicted octanol–water partition coefficient (Wildman–Crippen LogP) is 1.85. The third-order valence-electron chi connectivity index (χ3n) is 4.11. The summed E-state index contributed by atoms with van der Waals surface area (Å²) in [5.74, 6) is -3.41. The molecule has 1 fully saturated rings. The molecular formula is C17H16F2N2O3S. The van der Waals surface area contributed by atoms with Crippen molar-refractivity contribution in [3.05, 3.63) is 52.2 Å². The maximum atomic E-state index is 13.9. The lowest BCUT2D eigenvalue weighted by molar-refractivity contribution is -0.149. The number of benzene rings is 1. The summed E-state index contributed by atoms with van der Waals surface area (Å²) in [6.07, 6.45) is 0.428. The Labute approximate surface area is 146 Å². The van der Waals surface area contributed by atoms with Gasteiger partial charge in [0.2, 0.25) is 5.60 Å². The van der Waals surface area contributed by atoms with Crippen LogP contribution in [0.1, 0.15) is 11.3 Å². The number of halogens is 2. The first-order valence-electron chi connectivity index (χ1n) is 7.72. The number of amides is 2. The second kappa shape index (κ2) is 6.89. The second-order valence-corrected chi connectivity index (χ2v) is 6.78. The Morgan fingerprint density at radius 1 is 1.36 bits per heavy atom. The first-order chi connectivity index (χ1) is 11.9. The Morgan fingerprint density at radius 3 is 2.84 bits per heavy atom. The molecule has 1 aliphatic heterocycles. The highest BCUT2D eigenvalue weighted by atomic mass is 32.1. The van der Waals surface area contributed by atoms with Crippen LogP contribution in [0.25, 0.3) is 0 Å². The summed E-state index contributed by atoms with van der Waals surface area (Å²) in [6, 6.07) is 6.60. The number of carbonyl (C=O) groups excluding carboxylic acids is 2. The van der Waals surface area contributed by atoms with E-state index in [0.717, 1.165) is 21.9 Å². The molecule has 1 aromatic heterocycles. The van der Waals surface area contributed by atoms with Crippen LogP contribution in [0, 0.1) is 11.6 Å². The standard InChI is InChI=1S/C17H16F2N2O3S/c18-11-3-4-14(13(19)10-11)21-8-6-17(24,16(21)23)15(22)20-7-5-12-2-1-9-25-12/h1-4,9-10,24H,5-8H2,(H,20,22). The number of aliphatic hydroxyl groups is 1. The van der Waals surface area contributed by atoms with Crippen LogP contribution in [-0.2, 0) is 16.0 Å². The summed E-state index contributed by atoms with van der Waals surface area (Å²) in [6.45, 7) is 0.246. The smallest absolute Gasteiger partial charge is 0.268 e. The molecule has 0 spiro atoms. The number of anilines is 1. The third kappa shape index (κ3) is 3.40. The van der Waals surface area contributed by atoms with Gasteiger partial charge in [0.25, 0.3) is 11.8 Å². The zero-order valence-electron chi connectivity index (χ0n) is 13.2. The van der Waals surface area contributed by atoms with Crippen LogP contribution < -0.4 is 10.2 Å². The van der Waals surface area contributed by atoms with Gasteiger partial charge < -0.3 is 15.3 Å². The summed E-state index contributed by atoms with van der Waals surface area (Å²) in [7, 11) is 0. The van der Waals surface area contributed by atoms with E-state index in [9.17, 15) is 23.5 Å². The summed E-state index contributed by atoms with van der Waals surface area (Å²) in [4.78, 5) is 26.8. The molecule has 1 aromatic carbocycles. The fraction of sp³-hybridized carbons (Fsp3) is 0.294. The number of hydrogen-bond donors (Lipinski definition) is 2. The van der Waals surface area contributed by atoms with Crippen LogP contribution in [0.3, 0.4) is 0 Å². The summed E-state index contributed by atoms with van der Waals surface area (Å²) >= 11 is 1.55. The lowest BCUT2D eigenvalue weighted by Gasteiger charge is -2.22. The zero-order chi connectivity index (χ0) is 18.0. The van der Waals surface area contributed by atoms with Gasteiger partial charge in [0.05, 0.1) is 5.69 Å². The minimum atomic E-state index is -2.24. The molecule has 0 saturated carbocycles. The van der Waals surface area contributed by atoms with Gasteiger partial charge in [0.15, 0.2) is 0 Å². The highest BCUT2D eigenvalue weighted by Gasteiger charge is 2.52. The van der Waals surface area contributed by atoms with E-state index < -0.39 is 29.0 Å². The van der Waals surface area contributed by atoms with E-state index >= 15 is 0 Å².